The zero-order valence-electron chi connectivity index (χ0n) is 10.3. The lowest BCUT2D eigenvalue weighted by Crippen LogP contribution is -2.27. The summed E-state index contributed by atoms with van der Waals surface area (Å²) in [6.45, 7) is 14.8. The summed E-state index contributed by atoms with van der Waals surface area (Å²) < 4.78 is 0. The maximum Gasteiger partial charge on any atom is 0.139 e. The first-order valence-corrected chi connectivity index (χ1v) is 9.12. The highest BCUT2D eigenvalue weighted by Gasteiger charge is 2.23. The maximum absolute atomic E-state index is 11.8. The molecule has 0 radical (unpaired) electrons. The third kappa shape index (κ3) is 6.14. The van der Waals surface area contributed by atoms with Crippen molar-refractivity contribution in [3.63, 3.8) is 0 Å². The average molecular weight is 212 g/mol. The highest BCUT2D eigenvalue weighted by Crippen LogP contribution is 2.21. The fraction of sp³-hybridized carbons (Fsp3) is 0.750. The van der Waals surface area contributed by atoms with E-state index in [1.165, 1.54) is 0 Å². The number of Topliss-reactive ketones (excluding diaryl/α,β-unsaturated/α-hetero) is 1. The van der Waals surface area contributed by atoms with E-state index in [-0.39, 0.29) is 5.92 Å². The van der Waals surface area contributed by atoms with Crippen molar-refractivity contribution in [3.05, 3.63) is 12.7 Å². The van der Waals surface area contributed by atoms with Gasteiger partial charge in [-0.25, -0.2) is 0 Å². The number of carbonyl (C=O) groups is 1. The van der Waals surface area contributed by atoms with Gasteiger partial charge < -0.3 is 0 Å². The Balaban J connectivity index is 4.27. The molecule has 0 N–H and O–H groups in total. The molecule has 0 fully saturated rings. The average Bonchev–Trinajstić information content (AvgIpc) is 1.96. The Bertz CT molecular complexity index is 201. The van der Waals surface area contributed by atoms with E-state index in [1.54, 1.807) is 0 Å². The summed E-state index contributed by atoms with van der Waals surface area (Å²) in [5.74, 6) is 0.938. The zero-order chi connectivity index (χ0) is 11.4. The van der Waals surface area contributed by atoms with Crippen molar-refractivity contribution in [3.8, 4) is 0 Å². The van der Waals surface area contributed by atoms with Crippen molar-refractivity contribution in [1.82, 2.24) is 0 Å². The van der Waals surface area contributed by atoms with Crippen LogP contribution in [0.15, 0.2) is 12.7 Å². The number of hydrogen-bond donors (Lipinski definition) is 0. The number of allylic oxidation sites excluding steroid dienone is 1. The molecule has 0 bridgehead atoms. The first kappa shape index (κ1) is 13.6. The molecule has 14 heavy (non-hydrogen) atoms. The number of carbonyl (C=O) groups excluding carboxylic acids is 1. The van der Waals surface area contributed by atoms with Gasteiger partial charge >= 0.3 is 0 Å². The van der Waals surface area contributed by atoms with E-state index in [9.17, 15) is 4.79 Å². The van der Waals surface area contributed by atoms with E-state index in [4.69, 9.17) is 0 Å². The second-order valence-electron chi connectivity index (χ2n) is 5.67. The van der Waals surface area contributed by atoms with Gasteiger partial charge in [0.2, 0.25) is 0 Å². The predicted octanol–water partition coefficient (Wildman–Crippen LogP) is 3.74. The van der Waals surface area contributed by atoms with Gasteiger partial charge in [0.15, 0.2) is 0 Å². The van der Waals surface area contributed by atoms with Crippen LogP contribution < -0.4 is 0 Å². The molecule has 1 nitrogen and oxygen atoms in total. The lowest BCUT2D eigenvalue weighted by molar-refractivity contribution is -0.121. The van der Waals surface area contributed by atoms with Crippen LogP contribution in [-0.2, 0) is 4.79 Å². The fourth-order valence-electron chi connectivity index (χ4n) is 1.54. The van der Waals surface area contributed by atoms with E-state index >= 15 is 0 Å². The van der Waals surface area contributed by atoms with Gasteiger partial charge in [-0.3, -0.25) is 4.79 Å². The maximum atomic E-state index is 11.8. The van der Waals surface area contributed by atoms with E-state index < -0.39 is 8.07 Å². The summed E-state index contributed by atoms with van der Waals surface area (Å²) >= 11 is 0. The molecular formula is C12H24OSi. The number of ketones is 1. The summed E-state index contributed by atoms with van der Waals surface area (Å²) in [6.07, 6.45) is 2.53. The van der Waals surface area contributed by atoms with Crippen molar-refractivity contribution in [1.29, 1.82) is 0 Å². The molecule has 82 valence electrons. The van der Waals surface area contributed by atoms with Gasteiger partial charge in [-0.15, -0.1) is 6.58 Å². The highest BCUT2D eigenvalue weighted by atomic mass is 28.3. The van der Waals surface area contributed by atoms with E-state index in [2.05, 4.69) is 40.1 Å². The predicted molar refractivity (Wildman–Crippen MR) is 66.3 cm³/mol. The molecule has 0 aromatic heterocycles. The molecule has 0 heterocycles. The zero-order valence-corrected chi connectivity index (χ0v) is 11.3. The molecule has 0 amide bonds. The van der Waals surface area contributed by atoms with Crippen molar-refractivity contribution >= 4 is 13.9 Å². The molecule has 0 aliphatic rings. The molecule has 0 saturated carbocycles. The van der Waals surface area contributed by atoms with Crippen molar-refractivity contribution < 1.29 is 4.79 Å². The Hall–Kier alpha value is -0.373. The van der Waals surface area contributed by atoms with Gasteiger partial charge in [-0.2, -0.15) is 0 Å². The van der Waals surface area contributed by atoms with Crippen LogP contribution in [0.4, 0.5) is 0 Å². The third-order valence-electron chi connectivity index (χ3n) is 2.14. The van der Waals surface area contributed by atoms with Crippen LogP contribution in [0, 0.1) is 11.8 Å². The molecule has 0 spiro atoms. The minimum atomic E-state index is -1.15. The molecule has 0 aliphatic carbocycles. The topological polar surface area (TPSA) is 17.1 Å². The molecule has 0 aliphatic heterocycles. The van der Waals surface area contributed by atoms with Crippen LogP contribution in [0.1, 0.15) is 20.3 Å². The van der Waals surface area contributed by atoms with Gasteiger partial charge in [0.1, 0.15) is 5.78 Å². The summed E-state index contributed by atoms with van der Waals surface area (Å²) in [5.41, 5.74) is 0. The Morgan fingerprint density at radius 3 is 2.14 bits per heavy atom. The molecule has 0 saturated heterocycles. The van der Waals surface area contributed by atoms with Crippen molar-refractivity contribution in [2.24, 2.45) is 11.8 Å². The second kappa shape index (κ2) is 5.49. The summed E-state index contributed by atoms with van der Waals surface area (Å²) in [7, 11) is -1.15. The largest absolute Gasteiger partial charge is 0.299 e. The molecule has 1 unspecified atom stereocenters. The summed E-state index contributed by atoms with van der Waals surface area (Å²) in [5, 5.41) is 0. The molecule has 0 rings (SSSR count). The molecular weight excluding hydrogens is 188 g/mol. The summed E-state index contributed by atoms with van der Waals surface area (Å²) in [4.78, 5) is 11.8. The molecule has 0 aromatic rings. The Kier molecular flexibility index (Phi) is 5.35. The Morgan fingerprint density at radius 2 is 1.86 bits per heavy atom. The summed E-state index contributed by atoms with van der Waals surface area (Å²) in [6, 6.07) is 1.04. The van der Waals surface area contributed by atoms with Crippen LogP contribution in [0.3, 0.4) is 0 Å². The van der Waals surface area contributed by atoms with Gasteiger partial charge in [0.05, 0.1) is 0 Å². The van der Waals surface area contributed by atoms with Crippen LogP contribution >= 0.6 is 0 Å². The van der Waals surface area contributed by atoms with Gasteiger partial charge in [0, 0.05) is 20.4 Å². The smallest absolute Gasteiger partial charge is 0.139 e. The quantitative estimate of drug-likeness (QED) is 0.484. The Labute approximate surface area is 89.6 Å². The number of hydrogen-bond acceptors (Lipinski definition) is 1. The van der Waals surface area contributed by atoms with Crippen molar-refractivity contribution in [2.45, 2.75) is 46.0 Å². The standard InChI is InChI=1S/C12H24OSi/c1-7-11(9-14(4,5)6)12(13)8-10(2)3/h7,10-11H,1,8-9H2,2-6H3. The minimum Gasteiger partial charge on any atom is -0.299 e. The van der Waals surface area contributed by atoms with Crippen molar-refractivity contribution in [2.75, 3.05) is 0 Å². The normalized spacial score (nSPS) is 14.1. The van der Waals surface area contributed by atoms with E-state index in [0.29, 0.717) is 18.1 Å². The first-order chi connectivity index (χ1) is 6.26. The molecule has 1 atom stereocenters. The SMILES string of the molecule is C=CC(C[Si](C)(C)C)C(=O)CC(C)C. The number of rotatable bonds is 6. The van der Waals surface area contributed by atoms with E-state index in [0.717, 1.165) is 6.04 Å². The van der Waals surface area contributed by atoms with Crippen LogP contribution in [-0.4, -0.2) is 13.9 Å². The van der Waals surface area contributed by atoms with Crippen LogP contribution in [0.25, 0.3) is 0 Å². The van der Waals surface area contributed by atoms with Gasteiger partial charge in [0.25, 0.3) is 0 Å². The highest BCUT2D eigenvalue weighted by molar-refractivity contribution is 6.76. The lowest BCUT2D eigenvalue weighted by atomic mass is 9.98. The fourth-order valence-corrected chi connectivity index (χ4v) is 3.26. The monoisotopic (exact) mass is 212 g/mol. The third-order valence-corrected chi connectivity index (χ3v) is 3.80. The molecule has 2 heteroatoms. The Morgan fingerprint density at radius 1 is 1.36 bits per heavy atom. The van der Waals surface area contributed by atoms with Gasteiger partial charge in [-0.1, -0.05) is 39.6 Å². The van der Waals surface area contributed by atoms with Crippen LogP contribution in [0.2, 0.25) is 25.7 Å². The van der Waals surface area contributed by atoms with E-state index in [1.807, 2.05) is 6.08 Å². The molecule has 0 aromatic carbocycles. The van der Waals surface area contributed by atoms with Gasteiger partial charge in [-0.05, 0) is 12.0 Å². The van der Waals surface area contributed by atoms with Crippen LogP contribution in [0.5, 0.6) is 0 Å². The minimum absolute atomic E-state index is 0.101. The second-order valence-corrected chi connectivity index (χ2v) is 11.2. The lowest BCUT2D eigenvalue weighted by Gasteiger charge is -2.21. The first-order valence-electron chi connectivity index (χ1n) is 5.41.